The molecule has 0 radical (unpaired) electrons. The minimum Gasteiger partial charge on any atom is -0.384 e. The molecule has 0 unspecified atom stereocenters. The Bertz CT molecular complexity index is 349. The Labute approximate surface area is 83.4 Å². The number of benzene rings is 1. The van der Waals surface area contributed by atoms with E-state index < -0.39 is 0 Å². The molecule has 1 aromatic carbocycles. The molecule has 0 bridgehead atoms. The van der Waals surface area contributed by atoms with Gasteiger partial charge in [-0.05, 0) is 31.2 Å². The van der Waals surface area contributed by atoms with Gasteiger partial charge in [-0.3, -0.25) is 4.79 Å². The monoisotopic (exact) mass is 188 g/mol. The van der Waals surface area contributed by atoms with E-state index in [-0.39, 0.29) is 5.78 Å². The van der Waals surface area contributed by atoms with E-state index >= 15 is 0 Å². The molecule has 0 atom stereocenters. The lowest BCUT2D eigenvalue weighted by atomic mass is 10.1. The highest BCUT2D eigenvalue weighted by Gasteiger charge is 1.97. The third kappa shape index (κ3) is 2.91. The van der Waals surface area contributed by atoms with Crippen molar-refractivity contribution >= 4 is 11.5 Å². The zero-order valence-electron chi connectivity index (χ0n) is 8.08. The molecule has 1 aromatic rings. The molecule has 0 saturated heterocycles. The molecule has 0 saturated carbocycles. The van der Waals surface area contributed by atoms with Gasteiger partial charge in [-0.2, -0.15) is 5.26 Å². The first-order valence-electron chi connectivity index (χ1n) is 4.46. The second kappa shape index (κ2) is 5.03. The summed E-state index contributed by atoms with van der Waals surface area (Å²) < 4.78 is 0. The van der Waals surface area contributed by atoms with Crippen LogP contribution in [0.3, 0.4) is 0 Å². The van der Waals surface area contributed by atoms with Crippen LogP contribution in [0.25, 0.3) is 0 Å². The second-order valence-corrected chi connectivity index (χ2v) is 2.97. The standard InChI is InChI=1S/C11H12N2O/c1-9(14)10-3-5-11(6-4-10)13-8-2-7-12/h3-6,13H,2,8H2,1H3. The number of nitrogens with zero attached hydrogens (tertiary/aromatic N) is 1. The van der Waals surface area contributed by atoms with Crippen molar-refractivity contribution < 1.29 is 4.79 Å². The molecule has 0 aliphatic rings. The second-order valence-electron chi connectivity index (χ2n) is 2.97. The summed E-state index contributed by atoms with van der Waals surface area (Å²) in [5, 5.41) is 11.4. The Hall–Kier alpha value is -1.82. The van der Waals surface area contributed by atoms with Crippen LogP contribution in [-0.4, -0.2) is 12.3 Å². The van der Waals surface area contributed by atoms with Gasteiger partial charge >= 0.3 is 0 Å². The van der Waals surface area contributed by atoms with Gasteiger partial charge in [0.25, 0.3) is 0 Å². The highest BCUT2D eigenvalue weighted by atomic mass is 16.1. The van der Waals surface area contributed by atoms with Crippen LogP contribution in [0.1, 0.15) is 23.7 Å². The van der Waals surface area contributed by atoms with Gasteiger partial charge in [0.05, 0.1) is 12.5 Å². The van der Waals surface area contributed by atoms with Gasteiger partial charge in [0.2, 0.25) is 0 Å². The minimum atomic E-state index is 0.0635. The number of hydrogen-bond acceptors (Lipinski definition) is 3. The average molecular weight is 188 g/mol. The molecule has 72 valence electrons. The van der Waals surface area contributed by atoms with E-state index in [0.29, 0.717) is 18.5 Å². The molecule has 3 nitrogen and oxygen atoms in total. The number of rotatable bonds is 4. The maximum Gasteiger partial charge on any atom is 0.159 e. The molecule has 3 heteroatoms. The van der Waals surface area contributed by atoms with E-state index in [1.165, 1.54) is 6.92 Å². The Balaban J connectivity index is 2.56. The first kappa shape index (κ1) is 10.3. The molecule has 14 heavy (non-hydrogen) atoms. The lowest BCUT2D eigenvalue weighted by Crippen LogP contribution is -2.00. The van der Waals surface area contributed by atoms with Gasteiger partial charge in [-0.25, -0.2) is 0 Å². The quantitative estimate of drug-likeness (QED) is 0.582. The van der Waals surface area contributed by atoms with E-state index in [1.807, 2.05) is 12.1 Å². The van der Waals surface area contributed by atoms with E-state index in [4.69, 9.17) is 5.26 Å². The Morgan fingerprint density at radius 1 is 1.43 bits per heavy atom. The molecular formula is C11H12N2O. The van der Waals surface area contributed by atoms with Gasteiger partial charge in [-0.1, -0.05) is 0 Å². The third-order valence-electron chi connectivity index (χ3n) is 1.86. The van der Waals surface area contributed by atoms with Crippen molar-refractivity contribution in [1.82, 2.24) is 0 Å². The van der Waals surface area contributed by atoms with Crippen LogP contribution in [0.5, 0.6) is 0 Å². The van der Waals surface area contributed by atoms with Crippen LogP contribution in [0, 0.1) is 11.3 Å². The fourth-order valence-corrected chi connectivity index (χ4v) is 1.09. The van der Waals surface area contributed by atoms with E-state index in [1.54, 1.807) is 12.1 Å². The van der Waals surface area contributed by atoms with Gasteiger partial charge < -0.3 is 5.32 Å². The van der Waals surface area contributed by atoms with Gasteiger partial charge in [0, 0.05) is 17.8 Å². The number of nitrogens with one attached hydrogen (secondary N) is 1. The van der Waals surface area contributed by atoms with Crippen molar-refractivity contribution in [2.24, 2.45) is 0 Å². The number of Topliss-reactive ketones (excluding diaryl/α,β-unsaturated/α-hetero) is 1. The minimum absolute atomic E-state index is 0.0635. The Morgan fingerprint density at radius 3 is 2.57 bits per heavy atom. The molecule has 0 aliphatic heterocycles. The molecule has 0 fully saturated rings. The summed E-state index contributed by atoms with van der Waals surface area (Å²) in [7, 11) is 0. The first-order chi connectivity index (χ1) is 6.74. The van der Waals surface area contributed by atoms with E-state index in [9.17, 15) is 4.79 Å². The molecule has 1 rings (SSSR count). The molecule has 0 aliphatic carbocycles. The van der Waals surface area contributed by atoms with Gasteiger partial charge in [-0.15, -0.1) is 0 Å². The number of anilines is 1. The Kier molecular flexibility index (Phi) is 3.69. The summed E-state index contributed by atoms with van der Waals surface area (Å²) in [6.07, 6.45) is 0.481. The third-order valence-corrected chi connectivity index (χ3v) is 1.86. The fraction of sp³-hybridized carbons (Fsp3) is 0.273. The molecule has 0 heterocycles. The van der Waals surface area contributed by atoms with Crippen molar-refractivity contribution in [3.05, 3.63) is 29.8 Å². The van der Waals surface area contributed by atoms with Crippen molar-refractivity contribution in [2.75, 3.05) is 11.9 Å². The molecule has 0 spiro atoms. The van der Waals surface area contributed by atoms with Crippen molar-refractivity contribution in [1.29, 1.82) is 5.26 Å². The van der Waals surface area contributed by atoms with Crippen LogP contribution in [0.4, 0.5) is 5.69 Å². The van der Waals surface area contributed by atoms with Crippen LogP contribution in [0.15, 0.2) is 24.3 Å². The van der Waals surface area contributed by atoms with Crippen LogP contribution >= 0.6 is 0 Å². The van der Waals surface area contributed by atoms with Crippen molar-refractivity contribution in [3.8, 4) is 6.07 Å². The topological polar surface area (TPSA) is 52.9 Å². The lowest BCUT2D eigenvalue weighted by Gasteiger charge is -2.03. The number of nitriles is 1. The highest BCUT2D eigenvalue weighted by molar-refractivity contribution is 5.94. The molecule has 0 amide bonds. The number of carbonyl (C=O) groups excluding carboxylic acids is 1. The molecular weight excluding hydrogens is 176 g/mol. The molecule has 1 N–H and O–H groups in total. The maximum absolute atomic E-state index is 11.0. The summed E-state index contributed by atoms with van der Waals surface area (Å²) in [5.74, 6) is 0.0635. The van der Waals surface area contributed by atoms with Crippen molar-refractivity contribution in [3.63, 3.8) is 0 Å². The summed E-state index contributed by atoms with van der Waals surface area (Å²) >= 11 is 0. The van der Waals surface area contributed by atoms with E-state index in [0.717, 1.165) is 5.69 Å². The highest BCUT2D eigenvalue weighted by Crippen LogP contribution is 2.09. The zero-order valence-corrected chi connectivity index (χ0v) is 8.08. The van der Waals surface area contributed by atoms with Crippen LogP contribution in [0.2, 0.25) is 0 Å². The van der Waals surface area contributed by atoms with E-state index in [2.05, 4.69) is 11.4 Å². The Morgan fingerprint density at radius 2 is 2.07 bits per heavy atom. The number of ketones is 1. The largest absolute Gasteiger partial charge is 0.384 e. The number of carbonyl (C=O) groups is 1. The number of hydrogen-bond donors (Lipinski definition) is 1. The maximum atomic E-state index is 11.0. The normalized spacial score (nSPS) is 9.14. The van der Waals surface area contributed by atoms with Gasteiger partial charge in [0.15, 0.2) is 5.78 Å². The van der Waals surface area contributed by atoms with Crippen LogP contribution < -0.4 is 5.32 Å². The SMILES string of the molecule is CC(=O)c1ccc(NCCC#N)cc1. The zero-order chi connectivity index (χ0) is 10.4. The predicted octanol–water partition coefficient (Wildman–Crippen LogP) is 2.21. The fourth-order valence-electron chi connectivity index (χ4n) is 1.09. The summed E-state index contributed by atoms with van der Waals surface area (Å²) in [6, 6.07) is 9.28. The molecule has 0 aromatic heterocycles. The summed E-state index contributed by atoms with van der Waals surface area (Å²) in [4.78, 5) is 11.0. The van der Waals surface area contributed by atoms with Gasteiger partial charge in [0.1, 0.15) is 0 Å². The average Bonchev–Trinajstić information content (AvgIpc) is 2.19. The van der Waals surface area contributed by atoms with Crippen molar-refractivity contribution in [2.45, 2.75) is 13.3 Å². The van der Waals surface area contributed by atoms with Crippen LogP contribution in [-0.2, 0) is 0 Å². The smallest absolute Gasteiger partial charge is 0.159 e. The summed E-state index contributed by atoms with van der Waals surface area (Å²) in [5.41, 5.74) is 1.64. The predicted molar refractivity (Wildman–Crippen MR) is 55.2 cm³/mol. The lowest BCUT2D eigenvalue weighted by molar-refractivity contribution is 0.101. The summed E-state index contributed by atoms with van der Waals surface area (Å²) in [6.45, 7) is 2.17. The first-order valence-corrected chi connectivity index (χ1v) is 4.46.